The lowest BCUT2D eigenvalue weighted by Crippen LogP contribution is -2.58. The molecule has 1 aliphatic rings. The fourth-order valence-electron chi connectivity index (χ4n) is 3.21. The van der Waals surface area contributed by atoms with Gasteiger partial charge in [-0.2, -0.15) is 11.3 Å². The summed E-state index contributed by atoms with van der Waals surface area (Å²) in [6, 6.07) is 1.50. The van der Waals surface area contributed by atoms with E-state index in [-0.39, 0.29) is 24.1 Å². The van der Waals surface area contributed by atoms with Crippen LogP contribution in [0.25, 0.3) is 0 Å². The molecule has 2 rings (SSSR count). The van der Waals surface area contributed by atoms with E-state index in [1.54, 1.807) is 17.4 Å². The van der Waals surface area contributed by atoms with Gasteiger partial charge >= 0.3 is 5.97 Å². The highest BCUT2D eigenvalue weighted by atomic mass is 32.1. The average molecular weight is 381 g/mol. The Labute approximate surface area is 158 Å². The molecular formula is C19H28N2O4S. The molecule has 0 spiro atoms. The van der Waals surface area contributed by atoms with Crippen molar-refractivity contribution in [1.82, 2.24) is 10.6 Å². The molecule has 1 aromatic heterocycles. The van der Waals surface area contributed by atoms with Crippen LogP contribution in [0, 0.1) is 0 Å². The van der Waals surface area contributed by atoms with E-state index in [4.69, 9.17) is 4.74 Å². The maximum atomic E-state index is 11.7. The molecule has 0 saturated heterocycles. The van der Waals surface area contributed by atoms with Crippen LogP contribution in [-0.4, -0.2) is 41.3 Å². The Morgan fingerprint density at radius 3 is 2.65 bits per heavy atom. The van der Waals surface area contributed by atoms with Gasteiger partial charge in [-0.05, 0) is 47.7 Å². The summed E-state index contributed by atoms with van der Waals surface area (Å²) in [5.41, 5.74) is 1.46. The summed E-state index contributed by atoms with van der Waals surface area (Å²) in [5, 5.41) is 19.9. The van der Waals surface area contributed by atoms with E-state index in [9.17, 15) is 14.7 Å². The largest absolute Gasteiger partial charge is 0.478 e. The summed E-state index contributed by atoms with van der Waals surface area (Å²) < 4.78 is 6.16. The lowest BCUT2D eigenvalue weighted by Gasteiger charge is -2.38. The molecule has 1 aliphatic carbocycles. The van der Waals surface area contributed by atoms with Gasteiger partial charge in [0.1, 0.15) is 0 Å². The van der Waals surface area contributed by atoms with Crippen molar-refractivity contribution in [2.24, 2.45) is 0 Å². The van der Waals surface area contributed by atoms with Crippen LogP contribution in [0.3, 0.4) is 0 Å². The zero-order valence-corrected chi connectivity index (χ0v) is 16.3. The van der Waals surface area contributed by atoms with Gasteiger partial charge in [0.25, 0.3) is 0 Å². The second kappa shape index (κ2) is 9.85. The number of nitrogens with one attached hydrogen (secondary N) is 2. The van der Waals surface area contributed by atoms with Gasteiger partial charge in [-0.25, -0.2) is 4.79 Å². The molecule has 0 fully saturated rings. The second-order valence-electron chi connectivity index (χ2n) is 6.59. The number of hydrogen-bond acceptors (Lipinski definition) is 5. The third-order valence-electron chi connectivity index (χ3n) is 4.65. The number of hydrogen-bond donors (Lipinski definition) is 3. The van der Waals surface area contributed by atoms with Crippen LogP contribution in [-0.2, 0) is 20.9 Å². The zero-order valence-electron chi connectivity index (χ0n) is 15.5. The third kappa shape index (κ3) is 5.65. The molecular weight excluding hydrogens is 352 g/mol. The smallest absolute Gasteiger partial charge is 0.331 e. The van der Waals surface area contributed by atoms with Gasteiger partial charge in [-0.1, -0.05) is 13.8 Å². The summed E-state index contributed by atoms with van der Waals surface area (Å²) in [4.78, 5) is 23.3. The first-order chi connectivity index (χ1) is 12.4. The lowest BCUT2D eigenvalue weighted by molar-refractivity contribution is -0.133. The van der Waals surface area contributed by atoms with Crippen LogP contribution in [0.5, 0.6) is 0 Å². The molecule has 7 heteroatoms. The first-order valence-electron chi connectivity index (χ1n) is 9.05. The fraction of sp³-hybridized carbons (Fsp3) is 0.579. The van der Waals surface area contributed by atoms with Gasteiger partial charge in [-0.15, -0.1) is 0 Å². The Bertz CT molecular complexity index is 625. The number of ether oxygens (including phenoxy) is 1. The lowest BCUT2D eigenvalue weighted by atomic mass is 9.87. The molecule has 0 bridgehead atoms. The number of thiophene rings is 1. The molecule has 0 unspecified atom stereocenters. The van der Waals surface area contributed by atoms with E-state index < -0.39 is 12.1 Å². The van der Waals surface area contributed by atoms with Crippen molar-refractivity contribution in [2.75, 3.05) is 0 Å². The van der Waals surface area contributed by atoms with Gasteiger partial charge in [0, 0.05) is 25.1 Å². The number of rotatable bonds is 9. The molecule has 0 aliphatic heterocycles. The quantitative estimate of drug-likeness (QED) is 0.613. The minimum absolute atomic E-state index is 0.0261. The first kappa shape index (κ1) is 20.6. The van der Waals surface area contributed by atoms with Gasteiger partial charge in [0.05, 0.1) is 18.2 Å². The van der Waals surface area contributed by atoms with Crippen molar-refractivity contribution in [2.45, 2.75) is 70.9 Å². The van der Waals surface area contributed by atoms with Gasteiger partial charge in [-0.3, -0.25) is 4.79 Å². The second-order valence-corrected chi connectivity index (χ2v) is 7.37. The van der Waals surface area contributed by atoms with E-state index >= 15 is 0 Å². The van der Waals surface area contributed by atoms with E-state index in [1.807, 2.05) is 25.3 Å². The number of carboxylic acid groups (broad SMARTS) is 1. The van der Waals surface area contributed by atoms with E-state index in [0.717, 1.165) is 18.4 Å². The Morgan fingerprint density at radius 2 is 2.12 bits per heavy atom. The molecule has 3 atom stereocenters. The maximum Gasteiger partial charge on any atom is 0.331 e. The molecule has 0 aromatic carbocycles. The first-order valence-corrected chi connectivity index (χ1v) is 9.99. The van der Waals surface area contributed by atoms with Crippen molar-refractivity contribution in [3.05, 3.63) is 34.0 Å². The highest BCUT2D eigenvalue weighted by Crippen LogP contribution is 2.25. The van der Waals surface area contributed by atoms with Crippen LogP contribution < -0.4 is 10.6 Å². The topological polar surface area (TPSA) is 87.7 Å². The van der Waals surface area contributed by atoms with Crippen LogP contribution in [0.2, 0.25) is 0 Å². The van der Waals surface area contributed by atoms with Crippen LogP contribution in [0.4, 0.5) is 0 Å². The minimum Gasteiger partial charge on any atom is -0.478 e. The molecule has 6 nitrogen and oxygen atoms in total. The maximum absolute atomic E-state index is 11.7. The summed E-state index contributed by atoms with van der Waals surface area (Å²) in [7, 11) is 0. The predicted molar refractivity (Wildman–Crippen MR) is 102 cm³/mol. The van der Waals surface area contributed by atoms with Crippen molar-refractivity contribution in [1.29, 1.82) is 0 Å². The summed E-state index contributed by atoms with van der Waals surface area (Å²) in [5.74, 6) is -1.09. The Hall–Kier alpha value is -1.70. The number of aliphatic carboxylic acids is 1. The standard InChI is InChI=1S/C19H28N2O4S/c1-4-15(5-2)25-17-9-14(19(23)24)8-16(18(17)21-12(3)22)20-10-13-6-7-26-11-13/h6-7,9,11,15-18,20H,4-5,8,10H2,1-3H3,(H,21,22)(H,23,24)/t16-,17+,18+/m0/s1. The molecule has 1 aromatic rings. The molecule has 0 saturated carbocycles. The molecule has 1 heterocycles. The van der Waals surface area contributed by atoms with Crippen molar-refractivity contribution >= 4 is 23.2 Å². The van der Waals surface area contributed by atoms with E-state index in [1.165, 1.54) is 6.92 Å². The van der Waals surface area contributed by atoms with Crippen molar-refractivity contribution < 1.29 is 19.4 Å². The molecule has 0 radical (unpaired) electrons. The Morgan fingerprint density at radius 1 is 1.38 bits per heavy atom. The van der Waals surface area contributed by atoms with E-state index in [2.05, 4.69) is 16.0 Å². The van der Waals surface area contributed by atoms with Crippen LogP contribution in [0.15, 0.2) is 28.5 Å². The van der Waals surface area contributed by atoms with Gasteiger partial charge in [0.15, 0.2) is 0 Å². The summed E-state index contributed by atoms with van der Waals surface area (Å²) in [6.07, 6.45) is 3.23. The Kier molecular flexibility index (Phi) is 7.81. The van der Waals surface area contributed by atoms with Crippen molar-refractivity contribution in [3.63, 3.8) is 0 Å². The molecule has 26 heavy (non-hydrogen) atoms. The SMILES string of the molecule is CCC(CC)O[C@@H]1C=C(C(=O)O)C[C@H](NCc2ccsc2)[C@H]1NC(C)=O. The number of amides is 1. The summed E-state index contributed by atoms with van der Waals surface area (Å²) in [6.45, 7) is 6.17. The highest BCUT2D eigenvalue weighted by Gasteiger charge is 2.37. The van der Waals surface area contributed by atoms with Crippen LogP contribution >= 0.6 is 11.3 Å². The Balaban J connectivity index is 2.23. The number of carboxylic acids is 1. The monoisotopic (exact) mass is 380 g/mol. The molecule has 1 amide bonds. The van der Waals surface area contributed by atoms with E-state index in [0.29, 0.717) is 18.5 Å². The van der Waals surface area contributed by atoms with Gasteiger partial charge in [0.2, 0.25) is 5.91 Å². The fourth-order valence-corrected chi connectivity index (χ4v) is 3.88. The summed E-state index contributed by atoms with van der Waals surface area (Å²) >= 11 is 1.62. The predicted octanol–water partition coefficient (Wildman–Crippen LogP) is 2.70. The van der Waals surface area contributed by atoms with Crippen LogP contribution in [0.1, 0.15) is 45.6 Å². The highest BCUT2D eigenvalue weighted by molar-refractivity contribution is 7.07. The zero-order chi connectivity index (χ0) is 19.1. The number of carbonyl (C=O) groups excluding carboxylic acids is 1. The number of carbonyl (C=O) groups is 2. The van der Waals surface area contributed by atoms with Gasteiger partial charge < -0.3 is 20.5 Å². The molecule has 144 valence electrons. The van der Waals surface area contributed by atoms with Crippen molar-refractivity contribution in [3.8, 4) is 0 Å². The average Bonchev–Trinajstić information content (AvgIpc) is 3.12. The molecule has 3 N–H and O–H groups in total. The normalized spacial score (nSPS) is 22.9. The third-order valence-corrected chi connectivity index (χ3v) is 5.38. The minimum atomic E-state index is -0.938.